The molecule has 1 aromatic carbocycles. The molecule has 1 aliphatic carbocycles. The molecule has 1 fully saturated rings. The predicted molar refractivity (Wildman–Crippen MR) is 138 cm³/mol. The number of ether oxygens (including phenoxy) is 1. The fraction of sp³-hybridized carbons (Fsp3) is 0.348. The lowest BCUT2D eigenvalue weighted by molar-refractivity contribution is -0.323. The van der Waals surface area contributed by atoms with Gasteiger partial charge in [0.05, 0.1) is 47.1 Å². The highest BCUT2D eigenvalue weighted by atomic mass is 32.2. The Labute approximate surface area is 224 Å². The summed E-state index contributed by atoms with van der Waals surface area (Å²) in [5.74, 6) is -0.555. The molecular formula is C23H27N7O8S. The molecule has 208 valence electrons. The molecule has 4 rings (SSSR count). The van der Waals surface area contributed by atoms with Crippen LogP contribution in [0.5, 0.6) is 5.75 Å². The zero-order chi connectivity index (χ0) is 28.3. The number of carbonyl (C=O) groups excluding carboxylic acids is 2. The van der Waals surface area contributed by atoms with Gasteiger partial charge in [0.2, 0.25) is 17.6 Å². The fourth-order valence-electron chi connectivity index (χ4n) is 3.49. The maximum Gasteiger partial charge on any atom is 0.369 e. The van der Waals surface area contributed by atoms with E-state index in [2.05, 4.69) is 25.8 Å². The number of aromatic nitrogens is 3. The van der Waals surface area contributed by atoms with E-state index in [-0.39, 0.29) is 52.9 Å². The number of benzene rings is 1. The van der Waals surface area contributed by atoms with Crippen molar-refractivity contribution in [3.8, 4) is 17.1 Å². The molecule has 16 heteroatoms. The van der Waals surface area contributed by atoms with Gasteiger partial charge < -0.3 is 35.2 Å². The van der Waals surface area contributed by atoms with Crippen molar-refractivity contribution >= 4 is 40.0 Å². The van der Waals surface area contributed by atoms with Gasteiger partial charge in [0.1, 0.15) is 5.82 Å². The first-order valence-electron chi connectivity index (χ1n) is 11.6. The molecule has 1 unspecified atom stereocenters. The van der Waals surface area contributed by atoms with Gasteiger partial charge in [-0.3, -0.25) is 14.9 Å². The summed E-state index contributed by atoms with van der Waals surface area (Å²) < 4.78 is 24.0. The van der Waals surface area contributed by atoms with Gasteiger partial charge in [0, 0.05) is 31.5 Å². The summed E-state index contributed by atoms with van der Waals surface area (Å²) in [4.78, 5) is 33.3. The van der Waals surface area contributed by atoms with E-state index in [0.717, 1.165) is 19.0 Å². The van der Waals surface area contributed by atoms with Gasteiger partial charge in [0.15, 0.2) is 5.75 Å². The molecule has 0 radical (unpaired) electrons. The summed E-state index contributed by atoms with van der Waals surface area (Å²) in [6, 6.07) is 6.36. The van der Waals surface area contributed by atoms with Crippen LogP contribution >= 0.6 is 0 Å². The molecule has 6 N–H and O–H groups in total. The summed E-state index contributed by atoms with van der Waals surface area (Å²) in [5, 5.41) is 39.0. The Morgan fingerprint density at radius 1 is 1.26 bits per heavy atom. The van der Waals surface area contributed by atoms with Crippen LogP contribution in [0.15, 0.2) is 35.0 Å². The molecule has 39 heavy (non-hydrogen) atoms. The Morgan fingerprint density at radius 2 is 2.00 bits per heavy atom. The summed E-state index contributed by atoms with van der Waals surface area (Å²) in [6.45, 7) is 0.156. The molecule has 1 saturated carbocycles. The quantitative estimate of drug-likeness (QED) is 0.174. The molecular weight excluding hydrogens is 534 g/mol. The minimum absolute atomic E-state index is 0.0918. The molecule has 15 nitrogen and oxygen atoms in total. The van der Waals surface area contributed by atoms with Gasteiger partial charge >= 0.3 is 6.10 Å². The van der Waals surface area contributed by atoms with Crippen molar-refractivity contribution in [1.29, 1.82) is 0 Å². The molecule has 1 aliphatic rings. The second kappa shape index (κ2) is 11.4. The van der Waals surface area contributed by atoms with Crippen molar-refractivity contribution < 1.29 is 38.4 Å². The highest BCUT2D eigenvalue weighted by Gasteiger charge is 2.30. The zero-order valence-electron chi connectivity index (χ0n) is 21.2. The third kappa shape index (κ3) is 7.12. The van der Waals surface area contributed by atoms with Gasteiger partial charge in [-0.1, -0.05) is 11.2 Å². The number of nitrogens with zero attached hydrogens (tertiary/aromatic N) is 4. The minimum Gasteiger partial charge on any atom is -0.494 e. The standard InChI is InChI=1S/C23H27N7O8S/c1-30(39(3)36)11-18-27-20(29-38-18)13-5-4-6-15(19(13)37-2)25-16-9-17(26-21(31)12-7-8-12)24-10-14(16)22(32)28-23(33,34)35/h4-6,9-10,12,33-35H,7-8,11H2,1-3H3,(H,28,32)(H2,24,25,26,31). The van der Waals surface area contributed by atoms with Gasteiger partial charge in [-0.15, -0.1) is 0 Å². The molecule has 0 saturated heterocycles. The topological polar surface area (TPSA) is 212 Å². The second-order valence-corrected chi connectivity index (χ2v) is 10.2. The molecule has 2 amide bonds. The van der Waals surface area contributed by atoms with Crippen LogP contribution in [-0.2, 0) is 22.3 Å². The number of hydrogen-bond donors (Lipinski definition) is 6. The van der Waals surface area contributed by atoms with Gasteiger partial charge in [-0.25, -0.2) is 13.5 Å². The van der Waals surface area contributed by atoms with Crippen LogP contribution in [0.2, 0.25) is 0 Å². The van der Waals surface area contributed by atoms with Crippen molar-refractivity contribution in [3.63, 3.8) is 0 Å². The number of rotatable bonds is 11. The maximum absolute atomic E-state index is 12.7. The average molecular weight is 562 g/mol. The Balaban J connectivity index is 1.68. The first-order valence-corrected chi connectivity index (χ1v) is 13.1. The largest absolute Gasteiger partial charge is 0.494 e. The fourth-order valence-corrected chi connectivity index (χ4v) is 3.78. The number of pyridine rings is 1. The van der Waals surface area contributed by atoms with Crippen LogP contribution in [0.25, 0.3) is 11.4 Å². The lowest BCUT2D eigenvalue weighted by Gasteiger charge is -2.19. The lowest BCUT2D eigenvalue weighted by Crippen LogP contribution is -2.48. The normalized spacial score (nSPS) is 14.1. The van der Waals surface area contributed by atoms with Gasteiger partial charge in [-0.2, -0.15) is 4.98 Å². The van der Waals surface area contributed by atoms with Crippen LogP contribution in [-0.4, -0.2) is 77.3 Å². The smallest absolute Gasteiger partial charge is 0.369 e. The number of methoxy groups -OCH3 is 1. The van der Waals surface area contributed by atoms with Crippen LogP contribution in [0.1, 0.15) is 29.1 Å². The Hall–Kier alpha value is -3.96. The zero-order valence-corrected chi connectivity index (χ0v) is 22.0. The Bertz CT molecular complexity index is 1400. The van der Waals surface area contributed by atoms with E-state index in [1.54, 1.807) is 30.6 Å². The van der Waals surface area contributed by atoms with Crippen molar-refractivity contribution in [2.45, 2.75) is 25.5 Å². The van der Waals surface area contributed by atoms with Crippen molar-refractivity contribution in [2.75, 3.05) is 31.0 Å². The van der Waals surface area contributed by atoms with E-state index in [4.69, 9.17) is 9.26 Å². The molecule has 0 aliphatic heterocycles. The lowest BCUT2D eigenvalue weighted by atomic mass is 10.1. The molecule has 0 bridgehead atoms. The number of para-hydroxylation sites is 1. The van der Waals surface area contributed by atoms with E-state index >= 15 is 0 Å². The van der Waals surface area contributed by atoms with Crippen molar-refractivity contribution in [3.05, 3.63) is 41.9 Å². The summed E-state index contributed by atoms with van der Waals surface area (Å²) >= 11 is 0. The van der Waals surface area contributed by atoms with Crippen LogP contribution < -0.4 is 20.7 Å². The monoisotopic (exact) mass is 561 g/mol. The average Bonchev–Trinajstić information content (AvgIpc) is 3.62. The number of amides is 2. The maximum atomic E-state index is 12.7. The summed E-state index contributed by atoms with van der Waals surface area (Å²) in [7, 11) is 1.82. The summed E-state index contributed by atoms with van der Waals surface area (Å²) in [5.41, 5.74) is 0.677. The van der Waals surface area contributed by atoms with Gasteiger partial charge in [0.25, 0.3) is 5.91 Å². The van der Waals surface area contributed by atoms with E-state index in [0.29, 0.717) is 11.3 Å². The Kier molecular flexibility index (Phi) is 8.22. The van der Waals surface area contributed by atoms with Crippen molar-refractivity contribution in [1.82, 2.24) is 24.7 Å². The SMILES string of the molecule is COc1c(Nc2cc(NC(=O)C3CC3)ncc2C(=O)NC(O)(O)O)cccc1-c1noc(CN(C)S(C)=O)n1. The summed E-state index contributed by atoms with van der Waals surface area (Å²) in [6.07, 6.45) is 0.698. The van der Waals surface area contributed by atoms with E-state index in [1.165, 1.54) is 23.7 Å². The third-order valence-corrected chi connectivity index (χ3v) is 6.63. The van der Waals surface area contributed by atoms with Crippen molar-refractivity contribution in [2.24, 2.45) is 5.92 Å². The Morgan fingerprint density at radius 3 is 2.64 bits per heavy atom. The highest BCUT2D eigenvalue weighted by molar-refractivity contribution is 7.81. The first kappa shape index (κ1) is 28.1. The minimum atomic E-state index is -3.47. The molecule has 2 aromatic heterocycles. The van der Waals surface area contributed by atoms with Crippen LogP contribution in [0.3, 0.4) is 0 Å². The van der Waals surface area contributed by atoms with E-state index < -0.39 is 23.0 Å². The first-order chi connectivity index (χ1) is 18.4. The molecule has 2 heterocycles. The van der Waals surface area contributed by atoms with Crippen LogP contribution in [0.4, 0.5) is 17.2 Å². The molecule has 3 aromatic rings. The number of anilines is 3. The number of hydrogen-bond acceptors (Lipinski definition) is 12. The number of carbonyl (C=O) groups is 2. The van der Waals surface area contributed by atoms with Gasteiger partial charge in [-0.05, 0) is 25.0 Å². The number of aliphatic hydroxyl groups is 3. The van der Waals surface area contributed by atoms with E-state index in [9.17, 15) is 29.1 Å². The van der Waals surface area contributed by atoms with Crippen LogP contribution in [0, 0.1) is 5.92 Å². The third-order valence-electron chi connectivity index (χ3n) is 5.62. The van der Waals surface area contributed by atoms with E-state index in [1.807, 2.05) is 0 Å². The number of nitrogens with one attached hydrogen (secondary N) is 3. The molecule has 1 atom stereocenters. The highest BCUT2D eigenvalue weighted by Crippen LogP contribution is 2.38. The molecule has 0 spiro atoms. The predicted octanol–water partition coefficient (Wildman–Crippen LogP) is 0.276. The second-order valence-electron chi connectivity index (χ2n) is 8.70.